The van der Waals surface area contributed by atoms with Crippen LogP contribution in [0, 0.1) is 0 Å². The van der Waals surface area contributed by atoms with Gasteiger partial charge in [-0.25, -0.2) is 0 Å². The molecule has 3 N–H and O–H groups in total. The minimum atomic E-state index is -0.349. The lowest BCUT2D eigenvalue weighted by atomic mass is 9.92. The van der Waals surface area contributed by atoms with E-state index >= 15 is 0 Å². The summed E-state index contributed by atoms with van der Waals surface area (Å²) in [6, 6.07) is 6.78. The summed E-state index contributed by atoms with van der Waals surface area (Å²) in [5.41, 5.74) is 2.02. The molecule has 0 aliphatic heterocycles. The Kier molecular flexibility index (Phi) is 5.89. The summed E-state index contributed by atoms with van der Waals surface area (Å²) in [4.78, 5) is 35.6. The van der Waals surface area contributed by atoms with Gasteiger partial charge in [0.05, 0.1) is 5.57 Å². The van der Waals surface area contributed by atoms with Crippen molar-refractivity contribution in [3.63, 3.8) is 0 Å². The van der Waals surface area contributed by atoms with Crippen LogP contribution in [0.4, 0.5) is 11.4 Å². The predicted molar refractivity (Wildman–Crippen MR) is 93.5 cm³/mol. The smallest absolute Gasteiger partial charge is 0.257 e. The molecule has 24 heavy (non-hydrogen) atoms. The maximum Gasteiger partial charge on any atom is 0.257 e. The molecule has 1 aromatic carbocycles. The Morgan fingerprint density at radius 3 is 2.25 bits per heavy atom. The number of nitrogens with one attached hydrogen (secondary N) is 3. The first-order valence-corrected chi connectivity index (χ1v) is 7.81. The van der Waals surface area contributed by atoms with E-state index in [1.807, 2.05) is 6.08 Å². The summed E-state index contributed by atoms with van der Waals surface area (Å²) in [7, 11) is 1.68. The summed E-state index contributed by atoms with van der Waals surface area (Å²) in [6.07, 6.45) is 5.43. The number of hydrogen-bond acceptors (Lipinski definition) is 4. The number of carbonyl (C=O) groups excluding carboxylic acids is 3. The van der Waals surface area contributed by atoms with Gasteiger partial charge in [0.2, 0.25) is 5.91 Å². The summed E-state index contributed by atoms with van der Waals surface area (Å²) < 4.78 is 0. The number of carbonyl (C=O) groups is 3. The van der Waals surface area contributed by atoms with Crippen molar-refractivity contribution in [3.05, 3.63) is 47.7 Å². The SMILES string of the molecule is CN/C=C(/C(=O)Nc1ccc(NC(C)=O)cc1)C1=CCCCC1=O. The van der Waals surface area contributed by atoms with Crippen LogP contribution in [0.15, 0.2) is 47.7 Å². The molecule has 0 atom stereocenters. The number of benzene rings is 1. The second-order valence-electron chi connectivity index (χ2n) is 5.49. The Balaban J connectivity index is 2.13. The highest BCUT2D eigenvalue weighted by molar-refractivity contribution is 6.16. The normalized spacial score (nSPS) is 14.7. The van der Waals surface area contributed by atoms with Gasteiger partial charge in [0.25, 0.3) is 5.91 Å². The highest BCUT2D eigenvalue weighted by Gasteiger charge is 2.22. The number of rotatable bonds is 5. The van der Waals surface area contributed by atoms with Crippen molar-refractivity contribution in [3.8, 4) is 0 Å². The van der Waals surface area contributed by atoms with Crippen LogP contribution >= 0.6 is 0 Å². The van der Waals surface area contributed by atoms with Gasteiger partial charge in [0.1, 0.15) is 0 Å². The predicted octanol–water partition coefficient (Wildman–Crippen LogP) is 2.37. The topological polar surface area (TPSA) is 87.3 Å². The van der Waals surface area contributed by atoms with Crippen molar-refractivity contribution in [2.45, 2.75) is 26.2 Å². The van der Waals surface area contributed by atoms with Gasteiger partial charge in [-0.15, -0.1) is 0 Å². The van der Waals surface area contributed by atoms with Gasteiger partial charge >= 0.3 is 0 Å². The van der Waals surface area contributed by atoms with Gasteiger partial charge < -0.3 is 16.0 Å². The van der Waals surface area contributed by atoms with Crippen molar-refractivity contribution >= 4 is 29.0 Å². The lowest BCUT2D eigenvalue weighted by Crippen LogP contribution is -2.22. The molecular weight excluding hydrogens is 306 g/mol. The monoisotopic (exact) mass is 327 g/mol. The highest BCUT2D eigenvalue weighted by atomic mass is 16.2. The molecule has 1 aromatic rings. The number of ketones is 1. The Bertz CT molecular complexity index is 703. The number of Topliss-reactive ketones (excluding diaryl/α,β-unsaturated/α-hetero) is 1. The third-order valence-electron chi connectivity index (χ3n) is 3.54. The fourth-order valence-electron chi connectivity index (χ4n) is 2.47. The van der Waals surface area contributed by atoms with E-state index in [1.165, 1.54) is 13.1 Å². The molecule has 1 aliphatic carbocycles. The second-order valence-corrected chi connectivity index (χ2v) is 5.49. The fraction of sp³-hybridized carbons (Fsp3) is 0.278. The van der Waals surface area contributed by atoms with E-state index in [0.717, 1.165) is 12.8 Å². The molecule has 0 unspecified atom stereocenters. The molecular formula is C18H21N3O3. The summed E-state index contributed by atoms with van der Waals surface area (Å²) in [6.45, 7) is 1.43. The van der Waals surface area contributed by atoms with Gasteiger partial charge in [-0.05, 0) is 37.1 Å². The minimum Gasteiger partial charge on any atom is -0.393 e. The molecule has 2 amide bonds. The largest absolute Gasteiger partial charge is 0.393 e. The van der Waals surface area contributed by atoms with Crippen LogP contribution in [0.25, 0.3) is 0 Å². The minimum absolute atomic E-state index is 0.0149. The quantitative estimate of drug-likeness (QED) is 0.725. The Morgan fingerprint density at radius 1 is 1.08 bits per heavy atom. The first-order chi connectivity index (χ1) is 11.5. The summed E-state index contributed by atoms with van der Waals surface area (Å²) >= 11 is 0. The Morgan fingerprint density at radius 2 is 1.71 bits per heavy atom. The first-order valence-electron chi connectivity index (χ1n) is 7.81. The molecule has 0 bridgehead atoms. The standard InChI is InChI=1S/C18H21N3O3/c1-12(22)20-13-7-9-14(10-8-13)21-18(24)16(11-19-2)15-5-3-4-6-17(15)23/h5,7-11,19H,3-4,6H2,1-2H3,(H,20,22)(H,21,24)/b16-11+. The average molecular weight is 327 g/mol. The first kappa shape index (κ1) is 17.5. The van der Waals surface area contributed by atoms with Crippen molar-refractivity contribution in [2.24, 2.45) is 0 Å². The highest BCUT2D eigenvalue weighted by Crippen LogP contribution is 2.22. The number of hydrogen-bond donors (Lipinski definition) is 3. The Hall–Kier alpha value is -2.89. The van der Waals surface area contributed by atoms with Crippen molar-refractivity contribution in [2.75, 3.05) is 17.7 Å². The van der Waals surface area contributed by atoms with E-state index < -0.39 is 0 Å². The number of amides is 2. The molecule has 6 nitrogen and oxygen atoms in total. The van der Waals surface area contributed by atoms with Gasteiger partial charge in [0.15, 0.2) is 5.78 Å². The van der Waals surface area contributed by atoms with Gasteiger partial charge in [-0.1, -0.05) is 6.08 Å². The molecule has 0 saturated carbocycles. The van der Waals surface area contributed by atoms with E-state index in [-0.39, 0.29) is 17.6 Å². The number of allylic oxidation sites excluding steroid dienone is 1. The van der Waals surface area contributed by atoms with Gasteiger partial charge in [-0.2, -0.15) is 0 Å². The van der Waals surface area contributed by atoms with Crippen molar-refractivity contribution < 1.29 is 14.4 Å². The third kappa shape index (κ3) is 4.55. The van der Waals surface area contributed by atoms with E-state index in [4.69, 9.17) is 0 Å². The van der Waals surface area contributed by atoms with Crippen LogP contribution in [0.1, 0.15) is 26.2 Å². The molecule has 0 spiro atoms. The lowest BCUT2D eigenvalue weighted by molar-refractivity contribution is -0.117. The average Bonchev–Trinajstić information content (AvgIpc) is 2.55. The maximum atomic E-state index is 12.5. The molecule has 0 saturated heterocycles. The van der Waals surface area contributed by atoms with Crippen molar-refractivity contribution in [1.29, 1.82) is 0 Å². The van der Waals surface area contributed by atoms with E-state index in [0.29, 0.717) is 28.9 Å². The van der Waals surface area contributed by atoms with Crippen LogP contribution in [0.3, 0.4) is 0 Å². The summed E-state index contributed by atoms with van der Waals surface area (Å²) in [5, 5.41) is 8.25. The van der Waals surface area contributed by atoms with Gasteiger partial charge in [0, 0.05) is 43.5 Å². The zero-order valence-electron chi connectivity index (χ0n) is 13.8. The van der Waals surface area contributed by atoms with Crippen LogP contribution in [0.5, 0.6) is 0 Å². The summed E-state index contributed by atoms with van der Waals surface area (Å²) in [5.74, 6) is -0.522. The van der Waals surface area contributed by atoms with Gasteiger partial charge in [-0.3, -0.25) is 14.4 Å². The second kappa shape index (κ2) is 8.10. The molecule has 6 heteroatoms. The van der Waals surface area contributed by atoms with E-state index in [1.54, 1.807) is 31.3 Å². The zero-order chi connectivity index (χ0) is 17.5. The molecule has 2 rings (SSSR count). The third-order valence-corrected chi connectivity index (χ3v) is 3.54. The molecule has 0 radical (unpaired) electrons. The fourth-order valence-corrected chi connectivity index (χ4v) is 2.47. The molecule has 126 valence electrons. The van der Waals surface area contributed by atoms with Crippen LogP contribution in [-0.4, -0.2) is 24.6 Å². The number of anilines is 2. The van der Waals surface area contributed by atoms with E-state index in [2.05, 4.69) is 16.0 Å². The van der Waals surface area contributed by atoms with Crippen LogP contribution < -0.4 is 16.0 Å². The zero-order valence-corrected chi connectivity index (χ0v) is 13.8. The lowest BCUT2D eigenvalue weighted by Gasteiger charge is -2.15. The Labute approximate surface area is 141 Å². The molecule has 0 heterocycles. The maximum absolute atomic E-state index is 12.5. The van der Waals surface area contributed by atoms with Crippen LogP contribution in [0.2, 0.25) is 0 Å². The van der Waals surface area contributed by atoms with Crippen LogP contribution in [-0.2, 0) is 14.4 Å². The van der Waals surface area contributed by atoms with Crippen molar-refractivity contribution in [1.82, 2.24) is 5.32 Å². The molecule has 0 aromatic heterocycles. The molecule has 1 aliphatic rings. The van der Waals surface area contributed by atoms with E-state index in [9.17, 15) is 14.4 Å². The molecule has 0 fully saturated rings.